The fraction of sp³-hybridized carbons (Fsp3) is 0.308. The molecule has 0 saturated carbocycles. The van der Waals surface area contributed by atoms with Crippen LogP contribution in [-0.2, 0) is 17.9 Å². The summed E-state index contributed by atoms with van der Waals surface area (Å²) in [5, 5.41) is 2.00. The standard InChI is InChI=1S/C13H16N2O2S/c1-10(14)13(16)15(8-11-4-2-6-17-11)9-12-5-3-7-18-12/h2-7,10H,8-9,14H2,1H3/t10-/m1/s1. The maximum atomic E-state index is 12.1. The van der Waals surface area contributed by atoms with Crippen LogP contribution >= 0.6 is 11.3 Å². The summed E-state index contributed by atoms with van der Waals surface area (Å²) in [4.78, 5) is 14.9. The van der Waals surface area contributed by atoms with E-state index in [9.17, 15) is 4.79 Å². The Morgan fingerprint density at radius 1 is 1.44 bits per heavy atom. The molecule has 18 heavy (non-hydrogen) atoms. The lowest BCUT2D eigenvalue weighted by Crippen LogP contribution is -2.41. The van der Waals surface area contributed by atoms with E-state index in [0.717, 1.165) is 10.6 Å². The average molecular weight is 264 g/mol. The van der Waals surface area contributed by atoms with E-state index < -0.39 is 6.04 Å². The van der Waals surface area contributed by atoms with Crippen LogP contribution in [0.25, 0.3) is 0 Å². The number of carbonyl (C=O) groups is 1. The molecule has 0 saturated heterocycles. The zero-order valence-electron chi connectivity index (χ0n) is 10.2. The second kappa shape index (κ2) is 5.84. The molecule has 5 heteroatoms. The molecule has 0 unspecified atom stereocenters. The molecule has 1 atom stereocenters. The van der Waals surface area contributed by atoms with E-state index in [4.69, 9.17) is 10.2 Å². The molecule has 4 nitrogen and oxygen atoms in total. The first-order chi connectivity index (χ1) is 8.66. The monoisotopic (exact) mass is 264 g/mol. The second-order valence-corrected chi connectivity index (χ2v) is 5.17. The Labute approximate surface area is 110 Å². The average Bonchev–Trinajstić information content (AvgIpc) is 2.99. The number of nitrogens with two attached hydrogens (primary N) is 1. The highest BCUT2D eigenvalue weighted by Gasteiger charge is 2.19. The fourth-order valence-electron chi connectivity index (χ4n) is 1.68. The molecule has 2 N–H and O–H groups in total. The Kier molecular flexibility index (Phi) is 4.17. The minimum Gasteiger partial charge on any atom is -0.467 e. The molecule has 96 valence electrons. The zero-order chi connectivity index (χ0) is 13.0. The van der Waals surface area contributed by atoms with Crippen LogP contribution in [0.1, 0.15) is 17.6 Å². The zero-order valence-corrected chi connectivity index (χ0v) is 11.0. The third kappa shape index (κ3) is 3.21. The number of amides is 1. The third-order valence-corrected chi connectivity index (χ3v) is 3.42. The van der Waals surface area contributed by atoms with Crippen molar-refractivity contribution < 1.29 is 9.21 Å². The SMILES string of the molecule is C[C@@H](N)C(=O)N(Cc1ccco1)Cc1cccs1. The smallest absolute Gasteiger partial charge is 0.239 e. The van der Waals surface area contributed by atoms with Crippen LogP contribution in [0.2, 0.25) is 0 Å². The lowest BCUT2D eigenvalue weighted by atomic mass is 10.2. The summed E-state index contributed by atoms with van der Waals surface area (Å²) < 4.78 is 5.28. The predicted molar refractivity (Wildman–Crippen MR) is 70.9 cm³/mol. The van der Waals surface area contributed by atoms with Crippen LogP contribution in [0.3, 0.4) is 0 Å². The van der Waals surface area contributed by atoms with Crippen LogP contribution in [0.15, 0.2) is 40.3 Å². The molecule has 0 aliphatic carbocycles. The van der Waals surface area contributed by atoms with Gasteiger partial charge < -0.3 is 15.1 Å². The topological polar surface area (TPSA) is 59.5 Å². The van der Waals surface area contributed by atoms with Crippen molar-refractivity contribution in [2.24, 2.45) is 5.73 Å². The van der Waals surface area contributed by atoms with E-state index in [2.05, 4.69) is 0 Å². The normalized spacial score (nSPS) is 12.3. The highest BCUT2D eigenvalue weighted by atomic mass is 32.1. The molecule has 2 aromatic heterocycles. The van der Waals surface area contributed by atoms with Gasteiger partial charge in [0.2, 0.25) is 5.91 Å². The summed E-state index contributed by atoms with van der Waals surface area (Å²) in [6, 6.07) is 7.15. The van der Waals surface area contributed by atoms with Crippen molar-refractivity contribution >= 4 is 17.2 Å². The molecular weight excluding hydrogens is 248 g/mol. The maximum absolute atomic E-state index is 12.1. The number of thiophene rings is 1. The van der Waals surface area contributed by atoms with E-state index in [1.807, 2.05) is 29.6 Å². The molecule has 0 fully saturated rings. The quantitative estimate of drug-likeness (QED) is 0.900. The molecule has 2 rings (SSSR count). The first-order valence-electron chi connectivity index (χ1n) is 5.76. The number of rotatable bonds is 5. The maximum Gasteiger partial charge on any atom is 0.239 e. The number of carbonyl (C=O) groups excluding carboxylic acids is 1. The number of nitrogens with zero attached hydrogens (tertiary/aromatic N) is 1. The van der Waals surface area contributed by atoms with Gasteiger partial charge >= 0.3 is 0 Å². The molecule has 0 aliphatic rings. The van der Waals surface area contributed by atoms with Gasteiger partial charge in [0.25, 0.3) is 0 Å². The highest BCUT2D eigenvalue weighted by molar-refractivity contribution is 7.09. The Balaban J connectivity index is 2.09. The summed E-state index contributed by atoms with van der Waals surface area (Å²) in [6.45, 7) is 2.72. The van der Waals surface area contributed by atoms with Crippen LogP contribution in [0.5, 0.6) is 0 Å². The Morgan fingerprint density at radius 2 is 2.28 bits per heavy atom. The first kappa shape index (κ1) is 12.9. The van der Waals surface area contributed by atoms with Gasteiger partial charge in [-0.05, 0) is 30.5 Å². The molecule has 0 bridgehead atoms. The van der Waals surface area contributed by atoms with E-state index in [1.54, 1.807) is 29.4 Å². The summed E-state index contributed by atoms with van der Waals surface area (Å²) in [5.41, 5.74) is 5.68. The molecule has 2 heterocycles. The molecule has 0 spiro atoms. The van der Waals surface area contributed by atoms with Gasteiger partial charge in [-0.3, -0.25) is 4.79 Å². The first-order valence-corrected chi connectivity index (χ1v) is 6.64. The Bertz CT molecular complexity index is 441. The van der Waals surface area contributed by atoms with Gasteiger partial charge in [-0.25, -0.2) is 0 Å². The predicted octanol–water partition coefficient (Wildman–Crippen LogP) is 2.22. The molecule has 0 aromatic carbocycles. The van der Waals surface area contributed by atoms with E-state index in [1.165, 1.54) is 0 Å². The summed E-state index contributed by atoms with van der Waals surface area (Å²) in [6.07, 6.45) is 1.61. The van der Waals surface area contributed by atoms with Gasteiger partial charge in [-0.15, -0.1) is 11.3 Å². The summed E-state index contributed by atoms with van der Waals surface area (Å²) >= 11 is 1.63. The number of hydrogen-bond donors (Lipinski definition) is 1. The van der Waals surface area contributed by atoms with Crippen molar-refractivity contribution in [3.63, 3.8) is 0 Å². The number of hydrogen-bond acceptors (Lipinski definition) is 4. The fourth-order valence-corrected chi connectivity index (χ4v) is 2.40. The van der Waals surface area contributed by atoms with Gasteiger partial charge in [-0.2, -0.15) is 0 Å². The van der Waals surface area contributed by atoms with Gasteiger partial charge in [0.15, 0.2) is 0 Å². The summed E-state index contributed by atoms with van der Waals surface area (Å²) in [7, 11) is 0. The van der Waals surface area contributed by atoms with E-state index >= 15 is 0 Å². The van der Waals surface area contributed by atoms with Gasteiger partial charge in [0, 0.05) is 4.88 Å². The Morgan fingerprint density at radius 3 is 2.83 bits per heavy atom. The van der Waals surface area contributed by atoms with Gasteiger partial charge in [0.1, 0.15) is 5.76 Å². The van der Waals surface area contributed by atoms with Crippen molar-refractivity contribution in [2.75, 3.05) is 0 Å². The van der Waals surface area contributed by atoms with Crippen LogP contribution < -0.4 is 5.73 Å². The van der Waals surface area contributed by atoms with Crippen molar-refractivity contribution in [3.05, 3.63) is 46.5 Å². The van der Waals surface area contributed by atoms with Crippen molar-refractivity contribution in [3.8, 4) is 0 Å². The number of furan rings is 1. The van der Waals surface area contributed by atoms with Crippen LogP contribution in [0.4, 0.5) is 0 Å². The molecule has 2 aromatic rings. The van der Waals surface area contributed by atoms with Crippen molar-refractivity contribution in [2.45, 2.75) is 26.1 Å². The molecule has 0 radical (unpaired) electrons. The molecule has 0 aliphatic heterocycles. The lowest BCUT2D eigenvalue weighted by Gasteiger charge is -2.22. The lowest BCUT2D eigenvalue weighted by molar-refractivity contribution is -0.133. The molecular formula is C13H16N2O2S. The van der Waals surface area contributed by atoms with Crippen LogP contribution in [-0.4, -0.2) is 16.8 Å². The highest BCUT2D eigenvalue weighted by Crippen LogP contribution is 2.15. The Hall–Kier alpha value is -1.59. The third-order valence-electron chi connectivity index (χ3n) is 2.55. The van der Waals surface area contributed by atoms with E-state index in [-0.39, 0.29) is 5.91 Å². The van der Waals surface area contributed by atoms with Gasteiger partial charge in [-0.1, -0.05) is 6.07 Å². The minimum atomic E-state index is -0.500. The van der Waals surface area contributed by atoms with E-state index in [0.29, 0.717) is 13.1 Å². The summed E-state index contributed by atoms with van der Waals surface area (Å²) in [5.74, 6) is 0.695. The van der Waals surface area contributed by atoms with Crippen LogP contribution in [0, 0.1) is 0 Å². The minimum absolute atomic E-state index is 0.0696. The van der Waals surface area contributed by atoms with Crippen molar-refractivity contribution in [1.82, 2.24) is 4.90 Å². The largest absolute Gasteiger partial charge is 0.467 e. The molecule has 1 amide bonds. The second-order valence-electron chi connectivity index (χ2n) is 4.14. The van der Waals surface area contributed by atoms with Crippen molar-refractivity contribution in [1.29, 1.82) is 0 Å². The van der Waals surface area contributed by atoms with Gasteiger partial charge in [0.05, 0.1) is 25.4 Å².